The Labute approximate surface area is 213 Å². The highest BCUT2D eigenvalue weighted by Crippen LogP contribution is 2.21. The standard InChI is InChI=1S/C24H32N4O9/c1-16-19-14-17(25-6-7-34-8-9-35-10-11-36-12-13-37-15-22(30)31)2-3-18(19)24(33)28(27-16)20-4-5-21(29)26-23(20)32/h2-3,14,20,25H,4-13,15H2,1H3,(H,30,31)(H,26,29,32). The predicted molar refractivity (Wildman–Crippen MR) is 132 cm³/mol. The minimum absolute atomic E-state index is 0.167. The monoisotopic (exact) mass is 520 g/mol. The zero-order valence-corrected chi connectivity index (χ0v) is 20.7. The van der Waals surface area contributed by atoms with Gasteiger partial charge in [0.2, 0.25) is 5.91 Å². The molecule has 1 aromatic heterocycles. The smallest absolute Gasteiger partial charge is 0.329 e. The number of carboxylic acid groups (broad SMARTS) is 1. The van der Waals surface area contributed by atoms with Gasteiger partial charge in [-0.3, -0.25) is 19.7 Å². The number of piperidine rings is 1. The maximum absolute atomic E-state index is 13.0. The van der Waals surface area contributed by atoms with Gasteiger partial charge in [0.15, 0.2) is 0 Å². The second-order valence-corrected chi connectivity index (χ2v) is 8.27. The summed E-state index contributed by atoms with van der Waals surface area (Å²) in [5, 5.41) is 19.4. The Morgan fingerprint density at radius 2 is 1.68 bits per heavy atom. The van der Waals surface area contributed by atoms with Gasteiger partial charge in [0.1, 0.15) is 12.6 Å². The van der Waals surface area contributed by atoms with E-state index in [1.54, 1.807) is 19.1 Å². The van der Waals surface area contributed by atoms with E-state index in [2.05, 4.69) is 15.7 Å². The van der Waals surface area contributed by atoms with E-state index in [4.69, 9.17) is 24.1 Å². The van der Waals surface area contributed by atoms with Crippen molar-refractivity contribution in [2.24, 2.45) is 0 Å². The second-order valence-electron chi connectivity index (χ2n) is 8.27. The van der Waals surface area contributed by atoms with Crippen LogP contribution >= 0.6 is 0 Å². The zero-order chi connectivity index (χ0) is 26.6. The summed E-state index contributed by atoms with van der Waals surface area (Å²) >= 11 is 0. The number of ether oxygens (including phenoxy) is 4. The highest BCUT2D eigenvalue weighted by atomic mass is 16.6. The number of anilines is 1. The lowest BCUT2D eigenvalue weighted by molar-refractivity contribution is -0.143. The molecule has 2 aromatic rings. The van der Waals surface area contributed by atoms with Crippen molar-refractivity contribution >= 4 is 34.2 Å². The Morgan fingerprint density at radius 1 is 1.03 bits per heavy atom. The predicted octanol–water partition coefficient (Wildman–Crippen LogP) is 0.246. The van der Waals surface area contributed by atoms with Crippen molar-refractivity contribution in [3.8, 4) is 0 Å². The molecule has 1 aliphatic heterocycles. The number of hydrogen-bond donors (Lipinski definition) is 3. The number of carboxylic acids is 1. The Kier molecular flexibility index (Phi) is 11.0. The molecule has 1 atom stereocenters. The average molecular weight is 521 g/mol. The number of amides is 2. The lowest BCUT2D eigenvalue weighted by atomic mass is 10.1. The quantitative estimate of drug-likeness (QED) is 0.205. The molecule has 202 valence electrons. The largest absolute Gasteiger partial charge is 0.480 e. The molecule has 1 fully saturated rings. The van der Waals surface area contributed by atoms with Crippen molar-refractivity contribution in [2.75, 3.05) is 64.7 Å². The molecule has 37 heavy (non-hydrogen) atoms. The third-order valence-electron chi connectivity index (χ3n) is 5.53. The number of carbonyl (C=O) groups excluding carboxylic acids is 2. The van der Waals surface area contributed by atoms with Crippen LogP contribution in [-0.4, -0.2) is 92.1 Å². The van der Waals surface area contributed by atoms with Crippen molar-refractivity contribution in [3.05, 3.63) is 34.2 Å². The van der Waals surface area contributed by atoms with Crippen molar-refractivity contribution in [2.45, 2.75) is 25.8 Å². The molecule has 0 bridgehead atoms. The number of benzene rings is 1. The molecule has 1 aromatic carbocycles. The Hall–Kier alpha value is -3.39. The van der Waals surface area contributed by atoms with Crippen LogP contribution in [0.25, 0.3) is 10.8 Å². The molecule has 13 heteroatoms. The van der Waals surface area contributed by atoms with Crippen LogP contribution in [0.15, 0.2) is 23.0 Å². The Balaban J connectivity index is 1.35. The number of imide groups is 1. The maximum Gasteiger partial charge on any atom is 0.329 e. The topological polar surface area (TPSA) is 167 Å². The Morgan fingerprint density at radius 3 is 2.32 bits per heavy atom. The molecule has 0 spiro atoms. The fraction of sp³-hybridized carbons (Fsp3) is 0.542. The average Bonchev–Trinajstić information content (AvgIpc) is 2.86. The lowest BCUT2D eigenvalue weighted by Gasteiger charge is -2.22. The van der Waals surface area contributed by atoms with E-state index < -0.39 is 17.9 Å². The summed E-state index contributed by atoms with van der Waals surface area (Å²) in [7, 11) is 0. The fourth-order valence-corrected chi connectivity index (χ4v) is 3.74. The van der Waals surface area contributed by atoms with Crippen LogP contribution in [-0.2, 0) is 33.3 Å². The first kappa shape index (κ1) is 28.2. The molecule has 0 radical (unpaired) electrons. The molecular formula is C24H32N4O9. The van der Waals surface area contributed by atoms with E-state index in [1.165, 1.54) is 4.68 Å². The molecule has 0 saturated carbocycles. The summed E-state index contributed by atoms with van der Waals surface area (Å²) in [5.41, 5.74) is 1.04. The van der Waals surface area contributed by atoms with Crippen LogP contribution in [0.4, 0.5) is 5.69 Å². The highest BCUT2D eigenvalue weighted by molar-refractivity contribution is 5.99. The van der Waals surface area contributed by atoms with Crippen LogP contribution in [0.1, 0.15) is 24.6 Å². The first-order valence-electron chi connectivity index (χ1n) is 12.0. The van der Waals surface area contributed by atoms with Gasteiger partial charge >= 0.3 is 5.97 Å². The first-order chi connectivity index (χ1) is 17.9. The number of nitrogens with zero attached hydrogens (tertiary/aromatic N) is 2. The molecule has 13 nitrogen and oxygen atoms in total. The number of aromatic nitrogens is 2. The van der Waals surface area contributed by atoms with E-state index >= 15 is 0 Å². The molecule has 2 amide bonds. The Bertz CT molecular complexity index is 1150. The first-order valence-corrected chi connectivity index (χ1v) is 12.0. The molecule has 3 rings (SSSR count). The maximum atomic E-state index is 13.0. The lowest BCUT2D eigenvalue weighted by Crippen LogP contribution is -2.45. The van der Waals surface area contributed by atoms with Gasteiger partial charge in [0.25, 0.3) is 11.5 Å². The van der Waals surface area contributed by atoms with Crippen molar-refractivity contribution < 1.29 is 38.4 Å². The van der Waals surface area contributed by atoms with Crippen molar-refractivity contribution in [3.63, 3.8) is 0 Å². The third-order valence-corrected chi connectivity index (χ3v) is 5.53. The van der Waals surface area contributed by atoms with Crippen LogP contribution in [0.5, 0.6) is 0 Å². The van der Waals surface area contributed by atoms with Crippen LogP contribution in [0, 0.1) is 6.92 Å². The summed E-state index contributed by atoms with van der Waals surface area (Å²) in [6.07, 6.45) is 0.410. The summed E-state index contributed by atoms with van der Waals surface area (Å²) in [6.45, 7) is 4.58. The molecule has 1 aliphatic rings. The van der Waals surface area contributed by atoms with Crippen LogP contribution < -0.4 is 16.2 Å². The number of fused-ring (bicyclic) bond motifs is 1. The van der Waals surface area contributed by atoms with Gasteiger partial charge in [-0.05, 0) is 31.5 Å². The molecule has 3 N–H and O–H groups in total. The minimum atomic E-state index is -1.01. The van der Waals surface area contributed by atoms with Gasteiger partial charge < -0.3 is 29.4 Å². The van der Waals surface area contributed by atoms with Gasteiger partial charge in [0, 0.05) is 24.0 Å². The van der Waals surface area contributed by atoms with Crippen molar-refractivity contribution in [1.82, 2.24) is 15.1 Å². The van der Waals surface area contributed by atoms with Gasteiger partial charge in [-0.25, -0.2) is 9.48 Å². The van der Waals surface area contributed by atoms with Crippen LogP contribution in [0.2, 0.25) is 0 Å². The summed E-state index contributed by atoms with van der Waals surface area (Å²) in [4.78, 5) is 46.9. The minimum Gasteiger partial charge on any atom is -0.480 e. The molecule has 1 saturated heterocycles. The number of rotatable bonds is 16. The molecular weight excluding hydrogens is 488 g/mol. The van der Waals surface area contributed by atoms with Gasteiger partial charge in [-0.15, -0.1) is 0 Å². The zero-order valence-electron chi connectivity index (χ0n) is 20.7. The van der Waals surface area contributed by atoms with E-state index in [0.717, 1.165) is 5.69 Å². The highest BCUT2D eigenvalue weighted by Gasteiger charge is 2.30. The molecule has 1 unspecified atom stereocenters. The molecule has 2 heterocycles. The number of aryl methyl sites for hydroxylation is 1. The van der Waals surface area contributed by atoms with Gasteiger partial charge in [-0.1, -0.05) is 0 Å². The normalized spacial score (nSPS) is 15.6. The van der Waals surface area contributed by atoms with E-state index in [1.807, 2.05) is 6.07 Å². The van der Waals surface area contributed by atoms with E-state index in [0.29, 0.717) is 62.7 Å². The summed E-state index contributed by atoms with van der Waals surface area (Å²) in [5.74, 6) is -1.87. The van der Waals surface area contributed by atoms with Gasteiger partial charge in [-0.2, -0.15) is 5.10 Å². The van der Waals surface area contributed by atoms with E-state index in [9.17, 15) is 19.2 Å². The number of carbonyl (C=O) groups is 3. The van der Waals surface area contributed by atoms with Crippen molar-refractivity contribution in [1.29, 1.82) is 0 Å². The molecule has 0 aliphatic carbocycles. The van der Waals surface area contributed by atoms with Crippen LogP contribution in [0.3, 0.4) is 0 Å². The second kappa shape index (κ2) is 14.4. The van der Waals surface area contributed by atoms with Gasteiger partial charge in [0.05, 0.1) is 57.3 Å². The third kappa shape index (κ3) is 8.60. The summed E-state index contributed by atoms with van der Waals surface area (Å²) < 4.78 is 22.2. The number of nitrogens with one attached hydrogen (secondary N) is 2. The SMILES string of the molecule is Cc1nn(C2CCC(=O)NC2=O)c(=O)c2ccc(NCCOCCOCCOCCOCC(=O)O)cc12. The number of hydrogen-bond acceptors (Lipinski definition) is 10. The number of aliphatic carboxylic acids is 1. The summed E-state index contributed by atoms with van der Waals surface area (Å²) in [6, 6.07) is 4.52. The fourth-order valence-electron chi connectivity index (χ4n) is 3.74. The van der Waals surface area contributed by atoms with E-state index in [-0.39, 0.29) is 37.5 Å².